The van der Waals surface area contributed by atoms with Gasteiger partial charge in [-0.05, 0) is 43.7 Å². The average Bonchev–Trinajstić information content (AvgIpc) is 3.10. The molecule has 26 heavy (non-hydrogen) atoms. The number of thiazole rings is 1. The molecule has 0 amide bonds. The molecule has 0 aliphatic rings. The molecule has 0 saturated carbocycles. The Morgan fingerprint density at radius 2 is 1.85 bits per heavy atom. The molecular weight excluding hydrogens is 342 g/mol. The average molecular weight is 359 g/mol. The van der Waals surface area contributed by atoms with Crippen LogP contribution >= 0.6 is 11.3 Å². The fourth-order valence-corrected chi connectivity index (χ4v) is 3.68. The summed E-state index contributed by atoms with van der Waals surface area (Å²) < 4.78 is 0. The quantitative estimate of drug-likeness (QED) is 0.533. The monoisotopic (exact) mass is 359 g/mol. The van der Waals surface area contributed by atoms with E-state index in [1.165, 1.54) is 0 Å². The van der Waals surface area contributed by atoms with Crippen molar-refractivity contribution < 1.29 is 0 Å². The van der Waals surface area contributed by atoms with Gasteiger partial charge >= 0.3 is 0 Å². The molecule has 0 spiro atoms. The largest absolute Gasteiger partial charge is 0.264 e. The van der Waals surface area contributed by atoms with Gasteiger partial charge in [0, 0.05) is 29.8 Å². The third kappa shape index (κ3) is 3.23. The number of nitrogens with zero attached hydrogens (tertiary/aromatic N) is 5. The Morgan fingerprint density at radius 1 is 0.923 bits per heavy atom. The molecule has 0 saturated heterocycles. The van der Waals surface area contributed by atoms with Gasteiger partial charge in [0.15, 0.2) is 5.82 Å². The number of pyridine rings is 2. The van der Waals surface area contributed by atoms with Crippen LogP contribution in [0.15, 0.2) is 55.0 Å². The number of hydrogen-bond donors (Lipinski definition) is 0. The lowest BCUT2D eigenvalue weighted by molar-refractivity contribution is 1.02. The van der Waals surface area contributed by atoms with Crippen molar-refractivity contribution in [1.82, 2.24) is 24.9 Å². The molecule has 4 aromatic heterocycles. The first-order chi connectivity index (χ1) is 12.7. The first-order valence-electron chi connectivity index (χ1n) is 8.42. The molecule has 0 aromatic carbocycles. The highest BCUT2D eigenvalue weighted by Gasteiger charge is 2.14. The van der Waals surface area contributed by atoms with E-state index in [2.05, 4.69) is 26.9 Å². The Labute approximate surface area is 155 Å². The van der Waals surface area contributed by atoms with Crippen LogP contribution < -0.4 is 0 Å². The molecule has 0 atom stereocenters. The molecule has 0 unspecified atom stereocenters. The molecular formula is C20H17N5S. The van der Waals surface area contributed by atoms with Gasteiger partial charge in [-0.3, -0.25) is 4.98 Å². The minimum absolute atomic E-state index is 0.633. The second kappa shape index (κ2) is 7.09. The van der Waals surface area contributed by atoms with Crippen LogP contribution in [-0.2, 0) is 6.42 Å². The summed E-state index contributed by atoms with van der Waals surface area (Å²) in [6, 6.07) is 11.8. The van der Waals surface area contributed by atoms with Crippen LogP contribution in [0.2, 0.25) is 0 Å². The van der Waals surface area contributed by atoms with Gasteiger partial charge in [0.25, 0.3) is 0 Å². The Balaban J connectivity index is 1.74. The SMILES string of the molecule is CCc1cccc(-c2nccc(-c3sc(-c4cccnc4)nc3C)n2)n1. The molecule has 0 N–H and O–H groups in total. The van der Waals surface area contributed by atoms with Gasteiger partial charge in [-0.1, -0.05) is 13.0 Å². The first kappa shape index (κ1) is 16.5. The van der Waals surface area contributed by atoms with E-state index < -0.39 is 0 Å². The fraction of sp³-hybridized carbons (Fsp3) is 0.150. The molecule has 0 aliphatic heterocycles. The maximum atomic E-state index is 4.74. The topological polar surface area (TPSA) is 64.5 Å². The first-order valence-corrected chi connectivity index (χ1v) is 9.24. The van der Waals surface area contributed by atoms with Crippen LogP contribution in [0.5, 0.6) is 0 Å². The summed E-state index contributed by atoms with van der Waals surface area (Å²) in [5.41, 5.74) is 4.65. The smallest absolute Gasteiger partial charge is 0.178 e. The second-order valence-corrected chi connectivity index (χ2v) is 6.81. The van der Waals surface area contributed by atoms with Crippen LogP contribution in [0.25, 0.3) is 32.7 Å². The Hall–Kier alpha value is -2.99. The summed E-state index contributed by atoms with van der Waals surface area (Å²) in [6.45, 7) is 4.09. The van der Waals surface area contributed by atoms with E-state index in [9.17, 15) is 0 Å². The minimum atomic E-state index is 0.633. The van der Waals surface area contributed by atoms with Gasteiger partial charge in [0.1, 0.15) is 10.7 Å². The van der Waals surface area contributed by atoms with Gasteiger partial charge in [-0.15, -0.1) is 11.3 Å². The molecule has 6 heteroatoms. The normalized spacial score (nSPS) is 10.8. The highest BCUT2D eigenvalue weighted by molar-refractivity contribution is 7.18. The van der Waals surface area contributed by atoms with Gasteiger partial charge in [-0.2, -0.15) is 0 Å². The Bertz CT molecular complexity index is 1040. The van der Waals surface area contributed by atoms with Crippen molar-refractivity contribution in [3.63, 3.8) is 0 Å². The van der Waals surface area contributed by atoms with E-state index in [0.29, 0.717) is 5.82 Å². The summed E-state index contributed by atoms with van der Waals surface area (Å²) in [6.07, 6.45) is 6.25. The van der Waals surface area contributed by atoms with Crippen molar-refractivity contribution in [3.05, 3.63) is 66.4 Å². The van der Waals surface area contributed by atoms with Crippen molar-refractivity contribution >= 4 is 11.3 Å². The van der Waals surface area contributed by atoms with E-state index in [4.69, 9.17) is 4.98 Å². The van der Waals surface area contributed by atoms with Gasteiger partial charge in [-0.25, -0.2) is 19.9 Å². The molecule has 4 heterocycles. The van der Waals surface area contributed by atoms with E-state index in [1.54, 1.807) is 23.7 Å². The van der Waals surface area contributed by atoms with Crippen molar-refractivity contribution in [1.29, 1.82) is 0 Å². The van der Waals surface area contributed by atoms with Crippen LogP contribution in [0.4, 0.5) is 0 Å². The predicted molar refractivity (Wildman–Crippen MR) is 104 cm³/mol. The van der Waals surface area contributed by atoms with Crippen molar-refractivity contribution in [3.8, 4) is 32.7 Å². The molecule has 4 rings (SSSR count). The van der Waals surface area contributed by atoms with Crippen LogP contribution in [0.3, 0.4) is 0 Å². The van der Waals surface area contributed by atoms with Crippen molar-refractivity contribution in [2.45, 2.75) is 20.3 Å². The minimum Gasteiger partial charge on any atom is -0.264 e. The van der Waals surface area contributed by atoms with E-state index >= 15 is 0 Å². The third-order valence-corrected chi connectivity index (χ3v) is 5.22. The lowest BCUT2D eigenvalue weighted by Crippen LogP contribution is -1.95. The highest BCUT2D eigenvalue weighted by atomic mass is 32.1. The molecule has 0 aliphatic carbocycles. The van der Waals surface area contributed by atoms with Crippen LogP contribution in [0, 0.1) is 6.92 Å². The zero-order valence-electron chi connectivity index (χ0n) is 14.5. The van der Waals surface area contributed by atoms with E-state index in [0.717, 1.165) is 44.6 Å². The lowest BCUT2D eigenvalue weighted by Gasteiger charge is -2.04. The number of rotatable bonds is 4. The third-order valence-electron chi connectivity index (χ3n) is 3.99. The summed E-state index contributed by atoms with van der Waals surface area (Å²) in [7, 11) is 0. The molecule has 0 fully saturated rings. The number of aryl methyl sites for hydroxylation is 2. The van der Waals surface area contributed by atoms with E-state index in [-0.39, 0.29) is 0 Å². The standard InChI is InChI=1S/C20H17N5S/c1-3-15-7-4-8-17(24-15)19-22-11-9-16(25-19)18-13(2)23-20(26-18)14-6-5-10-21-12-14/h4-12H,3H2,1-2H3. The maximum Gasteiger partial charge on any atom is 0.178 e. The number of hydrogen-bond acceptors (Lipinski definition) is 6. The Kier molecular flexibility index (Phi) is 4.50. The maximum absolute atomic E-state index is 4.74. The second-order valence-electron chi connectivity index (χ2n) is 5.81. The highest BCUT2D eigenvalue weighted by Crippen LogP contribution is 2.34. The summed E-state index contributed by atoms with van der Waals surface area (Å²) in [5, 5.41) is 0.942. The van der Waals surface area contributed by atoms with Crippen LogP contribution in [-0.4, -0.2) is 24.9 Å². The summed E-state index contributed by atoms with van der Waals surface area (Å²) in [5.74, 6) is 0.633. The lowest BCUT2D eigenvalue weighted by atomic mass is 10.2. The van der Waals surface area contributed by atoms with Gasteiger partial charge in [0.2, 0.25) is 0 Å². The zero-order valence-corrected chi connectivity index (χ0v) is 15.4. The van der Waals surface area contributed by atoms with Crippen molar-refractivity contribution in [2.24, 2.45) is 0 Å². The number of aromatic nitrogens is 5. The summed E-state index contributed by atoms with van der Waals surface area (Å²) >= 11 is 1.62. The zero-order chi connectivity index (χ0) is 17.9. The predicted octanol–water partition coefficient (Wildman–Crippen LogP) is 4.59. The van der Waals surface area contributed by atoms with E-state index in [1.807, 2.05) is 49.5 Å². The van der Waals surface area contributed by atoms with Crippen molar-refractivity contribution in [2.75, 3.05) is 0 Å². The van der Waals surface area contributed by atoms with Gasteiger partial charge in [0.05, 0.1) is 16.3 Å². The molecule has 5 nitrogen and oxygen atoms in total. The fourth-order valence-electron chi connectivity index (χ4n) is 2.66. The molecule has 4 aromatic rings. The molecule has 0 bridgehead atoms. The molecule has 128 valence electrons. The molecule has 0 radical (unpaired) electrons. The Morgan fingerprint density at radius 3 is 2.65 bits per heavy atom. The van der Waals surface area contributed by atoms with Gasteiger partial charge < -0.3 is 0 Å². The van der Waals surface area contributed by atoms with Crippen LogP contribution in [0.1, 0.15) is 18.3 Å². The summed E-state index contributed by atoms with van der Waals surface area (Å²) in [4.78, 5) is 23.7.